The zero-order chi connectivity index (χ0) is 13.3. The maximum Gasteiger partial charge on any atom is 0.147 e. The number of aryl methyl sites for hydroxylation is 1. The summed E-state index contributed by atoms with van der Waals surface area (Å²) in [5.74, 6) is 0. The van der Waals surface area contributed by atoms with Gasteiger partial charge in [-0.15, -0.1) is 10.2 Å². The molecule has 2 heterocycles. The zero-order valence-corrected chi connectivity index (χ0v) is 11.8. The lowest BCUT2D eigenvalue weighted by Crippen LogP contribution is -2.20. The molecule has 2 aromatic rings. The lowest BCUT2D eigenvalue weighted by molar-refractivity contribution is 0.199. The molecule has 0 unspecified atom stereocenters. The van der Waals surface area contributed by atoms with Crippen LogP contribution in [0.3, 0.4) is 0 Å². The van der Waals surface area contributed by atoms with E-state index in [0.29, 0.717) is 0 Å². The highest BCUT2D eigenvalue weighted by atomic mass is 32.1. The number of hydrogen-bond donors (Lipinski definition) is 1. The van der Waals surface area contributed by atoms with E-state index < -0.39 is 0 Å². The van der Waals surface area contributed by atoms with Crippen LogP contribution in [0.4, 0.5) is 0 Å². The Kier molecular flexibility index (Phi) is 5.87. The molecule has 0 saturated carbocycles. The molecular formula is C13H18N4OS. The molecule has 6 heteroatoms. The molecule has 1 N–H and O–H groups in total. The number of rotatable bonds is 8. The van der Waals surface area contributed by atoms with Crippen molar-refractivity contribution in [3.05, 3.63) is 29.5 Å². The minimum atomic E-state index is 0.755. The lowest BCUT2D eigenvalue weighted by atomic mass is 10.3. The summed E-state index contributed by atoms with van der Waals surface area (Å²) in [6, 6.07) is 3.91. The molecule has 0 atom stereocenters. The maximum atomic E-state index is 4.97. The van der Waals surface area contributed by atoms with E-state index in [-0.39, 0.29) is 0 Å². The molecule has 0 aliphatic heterocycles. The third kappa shape index (κ3) is 4.66. The zero-order valence-electron chi connectivity index (χ0n) is 11.0. The van der Waals surface area contributed by atoms with E-state index in [1.807, 2.05) is 12.1 Å². The fraction of sp³-hybridized carbons (Fsp3) is 0.462. The molecule has 0 radical (unpaired) electrons. The molecule has 0 fully saturated rings. The van der Waals surface area contributed by atoms with Crippen LogP contribution >= 0.6 is 11.3 Å². The van der Waals surface area contributed by atoms with E-state index in [1.165, 1.54) is 0 Å². The van der Waals surface area contributed by atoms with Crippen LogP contribution in [-0.4, -0.2) is 42.0 Å². The van der Waals surface area contributed by atoms with E-state index in [1.54, 1.807) is 30.8 Å². The van der Waals surface area contributed by atoms with Crippen LogP contribution in [-0.2, 0) is 11.2 Å². The van der Waals surface area contributed by atoms with E-state index in [9.17, 15) is 0 Å². The highest BCUT2D eigenvalue weighted by Crippen LogP contribution is 2.22. The van der Waals surface area contributed by atoms with Crippen molar-refractivity contribution in [2.75, 3.05) is 26.8 Å². The molecule has 0 aromatic carbocycles. The standard InChI is InChI=1S/C13H18N4OS/c1-18-10-9-14-6-2-3-12-16-17-13(19-12)11-4-7-15-8-5-11/h4-5,7-8,14H,2-3,6,9-10H2,1H3. The largest absolute Gasteiger partial charge is 0.383 e. The smallest absolute Gasteiger partial charge is 0.147 e. The van der Waals surface area contributed by atoms with Crippen molar-refractivity contribution in [2.24, 2.45) is 0 Å². The van der Waals surface area contributed by atoms with Gasteiger partial charge in [0.25, 0.3) is 0 Å². The molecule has 0 aliphatic carbocycles. The average Bonchev–Trinajstić information content (AvgIpc) is 2.92. The molecule has 0 aliphatic rings. The van der Waals surface area contributed by atoms with Gasteiger partial charge >= 0.3 is 0 Å². The topological polar surface area (TPSA) is 59.9 Å². The van der Waals surface area contributed by atoms with Crippen molar-refractivity contribution >= 4 is 11.3 Å². The molecule has 0 bridgehead atoms. The minimum Gasteiger partial charge on any atom is -0.383 e. The summed E-state index contributed by atoms with van der Waals surface area (Å²) >= 11 is 1.65. The summed E-state index contributed by atoms with van der Waals surface area (Å²) in [6.07, 6.45) is 5.57. The number of nitrogens with zero attached hydrogens (tertiary/aromatic N) is 3. The Bertz CT molecular complexity index is 475. The van der Waals surface area contributed by atoms with Gasteiger partial charge in [-0.1, -0.05) is 11.3 Å². The molecule has 2 rings (SSSR count). The van der Waals surface area contributed by atoms with E-state index in [2.05, 4.69) is 20.5 Å². The van der Waals surface area contributed by atoms with E-state index >= 15 is 0 Å². The average molecular weight is 278 g/mol. The molecule has 2 aromatic heterocycles. The Labute approximate surface area is 117 Å². The predicted octanol–water partition coefficient (Wildman–Crippen LogP) is 1.77. The summed E-state index contributed by atoms with van der Waals surface area (Å²) in [5.41, 5.74) is 1.08. The van der Waals surface area contributed by atoms with E-state index in [0.717, 1.165) is 48.1 Å². The number of aromatic nitrogens is 3. The van der Waals surface area contributed by atoms with Crippen molar-refractivity contribution in [2.45, 2.75) is 12.8 Å². The fourth-order valence-corrected chi connectivity index (χ4v) is 2.52. The summed E-state index contributed by atoms with van der Waals surface area (Å²) in [6.45, 7) is 2.63. The van der Waals surface area contributed by atoms with Crippen LogP contribution in [0.15, 0.2) is 24.5 Å². The minimum absolute atomic E-state index is 0.755. The van der Waals surface area contributed by atoms with Crippen molar-refractivity contribution in [1.29, 1.82) is 0 Å². The molecule has 5 nitrogen and oxygen atoms in total. The molecule has 0 saturated heterocycles. The summed E-state index contributed by atoms with van der Waals surface area (Å²) in [5, 5.41) is 13.8. The van der Waals surface area contributed by atoms with Gasteiger partial charge in [-0.3, -0.25) is 4.98 Å². The second kappa shape index (κ2) is 7.93. The molecule has 102 valence electrons. The van der Waals surface area contributed by atoms with Crippen molar-refractivity contribution in [3.63, 3.8) is 0 Å². The number of methoxy groups -OCH3 is 1. The monoisotopic (exact) mass is 278 g/mol. The SMILES string of the molecule is COCCNCCCc1nnc(-c2ccncc2)s1. The van der Waals surface area contributed by atoms with Crippen LogP contribution < -0.4 is 5.32 Å². The van der Waals surface area contributed by atoms with Crippen molar-refractivity contribution in [3.8, 4) is 10.6 Å². The number of ether oxygens (including phenoxy) is 1. The molecule has 0 spiro atoms. The number of pyridine rings is 1. The Morgan fingerprint density at radius 2 is 2.05 bits per heavy atom. The van der Waals surface area contributed by atoms with Gasteiger partial charge in [0.2, 0.25) is 0 Å². The third-order valence-corrected chi connectivity index (χ3v) is 3.65. The van der Waals surface area contributed by atoms with Crippen LogP contribution in [0, 0.1) is 0 Å². The Balaban J connectivity index is 1.75. The number of hydrogen-bond acceptors (Lipinski definition) is 6. The Morgan fingerprint density at radius 3 is 2.84 bits per heavy atom. The normalized spacial score (nSPS) is 10.8. The van der Waals surface area contributed by atoms with Gasteiger partial charge in [0.05, 0.1) is 6.61 Å². The number of nitrogens with one attached hydrogen (secondary N) is 1. The summed E-state index contributed by atoms with van der Waals surface area (Å²) in [7, 11) is 1.71. The molecule has 0 amide bonds. The van der Waals surface area contributed by atoms with Crippen molar-refractivity contribution in [1.82, 2.24) is 20.5 Å². The van der Waals surface area contributed by atoms with Crippen LogP contribution in [0.1, 0.15) is 11.4 Å². The summed E-state index contributed by atoms with van der Waals surface area (Å²) < 4.78 is 4.97. The van der Waals surface area contributed by atoms with Crippen LogP contribution in [0.2, 0.25) is 0 Å². The van der Waals surface area contributed by atoms with Crippen LogP contribution in [0.5, 0.6) is 0 Å². The Hall–Kier alpha value is -1.37. The fourth-order valence-electron chi connectivity index (χ4n) is 1.63. The molecular weight excluding hydrogens is 260 g/mol. The second-order valence-electron chi connectivity index (χ2n) is 4.08. The van der Waals surface area contributed by atoms with Crippen LogP contribution in [0.25, 0.3) is 10.6 Å². The van der Waals surface area contributed by atoms with E-state index in [4.69, 9.17) is 4.74 Å². The van der Waals surface area contributed by atoms with Gasteiger partial charge < -0.3 is 10.1 Å². The quantitative estimate of drug-likeness (QED) is 0.746. The first-order valence-corrected chi connectivity index (χ1v) is 7.14. The Morgan fingerprint density at radius 1 is 1.21 bits per heavy atom. The van der Waals surface area contributed by atoms with Crippen molar-refractivity contribution < 1.29 is 4.74 Å². The lowest BCUT2D eigenvalue weighted by Gasteiger charge is -2.01. The first-order chi connectivity index (χ1) is 9.40. The van der Waals surface area contributed by atoms with Gasteiger partial charge in [-0.2, -0.15) is 0 Å². The summed E-state index contributed by atoms with van der Waals surface area (Å²) in [4.78, 5) is 4.00. The highest BCUT2D eigenvalue weighted by molar-refractivity contribution is 7.14. The molecule has 19 heavy (non-hydrogen) atoms. The second-order valence-corrected chi connectivity index (χ2v) is 5.15. The van der Waals surface area contributed by atoms with Gasteiger partial charge in [0.15, 0.2) is 0 Å². The maximum absolute atomic E-state index is 4.97. The highest BCUT2D eigenvalue weighted by Gasteiger charge is 2.05. The first-order valence-electron chi connectivity index (χ1n) is 6.32. The third-order valence-electron chi connectivity index (χ3n) is 2.62. The predicted molar refractivity (Wildman–Crippen MR) is 76.2 cm³/mol. The van der Waals surface area contributed by atoms with Gasteiger partial charge in [-0.05, 0) is 25.1 Å². The first kappa shape index (κ1) is 14.0. The van der Waals surface area contributed by atoms with Gasteiger partial charge in [-0.25, -0.2) is 0 Å². The van der Waals surface area contributed by atoms with Gasteiger partial charge in [0, 0.05) is 38.0 Å². The van der Waals surface area contributed by atoms with Gasteiger partial charge in [0.1, 0.15) is 10.0 Å².